The molecule has 0 bridgehead atoms. The van der Waals surface area contributed by atoms with E-state index >= 15 is 0 Å². The highest BCUT2D eigenvalue weighted by Crippen LogP contribution is 2.37. The lowest BCUT2D eigenvalue weighted by molar-refractivity contribution is -0.0275. The van der Waals surface area contributed by atoms with Gasteiger partial charge in [-0.15, -0.1) is 0 Å². The number of benzene rings is 2. The normalized spacial score (nSPS) is 18.9. The van der Waals surface area contributed by atoms with Crippen LogP contribution in [0, 0.1) is 0 Å². The van der Waals surface area contributed by atoms with Crippen molar-refractivity contribution < 1.29 is 28.6 Å². The zero-order chi connectivity index (χ0) is 30.0. The van der Waals surface area contributed by atoms with E-state index in [2.05, 4.69) is 20.4 Å². The van der Waals surface area contributed by atoms with Crippen LogP contribution in [0.15, 0.2) is 67.0 Å². The van der Waals surface area contributed by atoms with Crippen LogP contribution in [-0.4, -0.2) is 66.7 Å². The number of esters is 2. The fourth-order valence-corrected chi connectivity index (χ4v) is 4.57. The van der Waals surface area contributed by atoms with Crippen LogP contribution >= 0.6 is 0 Å². The van der Waals surface area contributed by atoms with E-state index in [1.165, 1.54) is 15.7 Å². The highest BCUT2D eigenvalue weighted by atomic mass is 16.6. The minimum Gasteiger partial charge on any atom is -0.453 e. The largest absolute Gasteiger partial charge is 0.453 e. The Balaban J connectivity index is 1.58. The van der Waals surface area contributed by atoms with Gasteiger partial charge in [-0.25, -0.2) is 24.4 Å². The first kappa shape index (κ1) is 28.3. The van der Waals surface area contributed by atoms with Gasteiger partial charge in [0.15, 0.2) is 17.9 Å². The van der Waals surface area contributed by atoms with Crippen molar-refractivity contribution in [3.63, 3.8) is 0 Å². The van der Waals surface area contributed by atoms with Crippen LogP contribution in [0.25, 0.3) is 5.65 Å². The minimum atomic E-state index is -1.17. The third-order valence-corrected chi connectivity index (χ3v) is 6.29. The lowest BCUT2D eigenvalue weighted by atomic mass is 10.1. The van der Waals surface area contributed by atoms with Crippen LogP contribution in [-0.2, 0) is 14.2 Å². The maximum Gasteiger partial charge on any atom is 0.422 e. The molecule has 42 heavy (non-hydrogen) atoms. The number of nitrogens with zero attached hydrogens (tertiary/aromatic N) is 5. The maximum absolute atomic E-state index is 13.3. The average molecular weight is 575 g/mol. The number of hydrogen-bond donors (Lipinski definition) is 3. The van der Waals surface area contributed by atoms with E-state index in [4.69, 9.17) is 25.7 Å². The maximum atomic E-state index is 13.3. The Morgan fingerprint density at radius 3 is 2.10 bits per heavy atom. The van der Waals surface area contributed by atoms with Crippen molar-refractivity contribution in [2.75, 3.05) is 18.0 Å². The molecule has 14 heteroatoms. The monoisotopic (exact) mass is 574 g/mol. The van der Waals surface area contributed by atoms with Crippen molar-refractivity contribution in [2.24, 2.45) is 0 Å². The predicted molar refractivity (Wildman–Crippen MR) is 150 cm³/mol. The van der Waals surface area contributed by atoms with Crippen LogP contribution in [0.3, 0.4) is 0 Å². The Morgan fingerprint density at radius 1 is 0.905 bits per heavy atom. The molecular weight excluding hydrogens is 544 g/mol. The first-order valence-electron chi connectivity index (χ1n) is 13.0. The molecule has 14 nitrogen and oxygen atoms in total. The number of nitrogens with one attached hydrogen (secondary N) is 1. The molecule has 0 saturated carbocycles. The summed E-state index contributed by atoms with van der Waals surface area (Å²) in [5, 5.41) is 1.43. The molecule has 5 N–H and O–H groups in total. The van der Waals surface area contributed by atoms with E-state index in [1.54, 1.807) is 81.4 Å². The van der Waals surface area contributed by atoms with Gasteiger partial charge < -0.3 is 25.7 Å². The molecule has 1 aliphatic heterocycles. The van der Waals surface area contributed by atoms with Crippen molar-refractivity contribution in [2.45, 2.75) is 44.6 Å². The second-order valence-electron chi connectivity index (χ2n) is 10.5. The van der Waals surface area contributed by atoms with Gasteiger partial charge in [0, 0.05) is 0 Å². The van der Waals surface area contributed by atoms with Crippen molar-refractivity contribution in [3.8, 4) is 0 Å². The number of anilines is 2. The number of nitrogen functional groups attached to an aromatic ring is 2. The lowest BCUT2D eigenvalue weighted by Crippen LogP contribution is -2.45. The van der Waals surface area contributed by atoms with Crippen molar-refractivity contribution in [1.82, 2.24) is 29.8 Å². The molecule has 2 aromatic heterocycles. The summed E-state index contributed by atoms with van der Waals surface area (Å²) in [6.45, 7) is 5.06. The third-order valence-electron chi connectivity index (χ3n) is 6.29. The lowest BCUT2D eigenvalue weighted by Gasteiger charge is -2.28. The van der Waals surface area contributed by atoms with E-state index in [9.17, 15) is 14.4 Å². The van der Waals surface area contributed by atoms with E-state index in [0.717, 1.165) is 0 Å². The highest BCUT2D eigenvalue weighted by molar-refractivity contribution is 5.90. The summed E-state index contributed by atoms with van der Waals surface area (Å²) in [6.07, 6.45) is -1.63. The average Bonchev–Trinajstić information content (AvgIpc) is 3.49. The zero-order valence-electron chi connectivity index (χ0n) is 23.1. The number of carbonyl (C=O) groups is 3. The number of amides is 1. The molecular formula is C28H30N8O6. The molecule has 1 aliphatic rings. The molecule has 218 valence electrons. The van der Waals surface area contributed by atoms with Gasteiger partial charge in [-0.05, 0) is 45.0 Å². The molecule has 5 rings (SSSR count). The van der Waals surface area contributed by atoms with Crippen LogP contribution in [0.2, 0.25) is 0 Å². The Kier molecular flexibility index (Phi) is 7.63. The van der Waals surface area contributed by atoms with Crippen LogP contribution < -0.4 is 16.9 Å². The number of ether oxygens (including phenoxy) is 3. The molecule has 0 unspecified atom stereocenters. The molecule has 3 heterocycles. The van der Waals surface area contributed by atoms with Gasteiger partial charge in [-0.2, -0.15) is 9.97 Å². The number of hydrogen-bond acceptors (Lipinski definition) is 12. The van der Waals surface area contributed by atoms with E-state index in [1.807, 2.05) is 0 Å². The number of rotatable bonds is 6. The van der Waals surface area contributed by atoms with E-state index < -0.39 is 41.9 Å². The van der Waals surface area contributed by atoms with Crippen LogP contribution in [0.1, 0.15) is 53.2 Å². The van der Waals surface area contributed by atoms with Crippen LogP contribution in [0.5, 0.6) is 0 Å². The quantitative estimate of drug-likeness (QED) is 0.226. The second-order valence-corrected chi connectivity index (χ2v) is 10.5. The Labute approximate surface area is 240 Å². The van der Waals surface area contributed by atoms with Gasteiger partial charge >= 0.3 is 18.0 Å². The number of aromatic nitrogens is 4. The number of hydrazine groups is 1. The molecule has 0 aliphatic carbocycles. The molecule has 1 fully saturated rings. The zero-order valence-corrected chi connectivity index (χ0v) is 23.1. The fourth-order valence-electron chi connectivity index (χ4n) is 4.57. The summed E-state index contributed by atoms with van der Waals surface area (Å²) in [5.41, 5.74) is 14.8. The molecule has 1 amide bonds. The molecule has 1 saturated heterocycles. The summed E-state index contributed by atoms with van der Waals surface area (Å²) in [4.78, 5) is 52.1. The summed E-state index contributed by atoms with van der Waals surface area (Å²) in [6, 6.07) is 15.7. The van der Waals surface area contributed by atoms with Gasteiger partial charge in [0.25, 0.3) is 0 Å². The summed E-state index contributed by atoms with van der Waals surface area (Å²) >= 11 is 0. The minimum absolute atomic E-state index is 0.0192. The Bertz CT molecular complexity index is 1610. The summed E-state index contributed by atoms with van der Waals surface area (Å²) in [5.74, 6) is -1.42. The third kappa shape index (κ3) is 6.07. The molecule has 2 aromatic carbocycles. The predicted octanol–water partition coefficient (Wildman–Crippen LogP) is 2.54. The summed E-state index contributed by atoms with van der Waals surface area (Å²) in [7, 11) is 0. The van der Waals surface area contributed by atoms with E-state index in [-0.39, 0.29) is 35.3 Å². The standard InChI is InChI=1S/C28H30N8O6/c1-28(2,3)42-27(39)34-36-14-18(40-23(37)16-10-6-4-7-11-16)21(41-24(38)17-12-8-5-9-13-17)20(36)19-22-32-25(29)33-26(30)35(22)15-31-19/h4-13,15,18,20-21H,14H2,1-3H3,(H,34,39)(H4,29,30,32,33)/t18-,20+,21+/m0/s1. The van der Waals surface area contributed by atoms with Gasteiger partial charge in [-0.3, -0.25) is 9.83 Å². The smallest absolute Gasteiger partial charge is 0.422 e. The van der Waals surface area contributed by atoms with Gasteiger partial charge in [0.1, 0.15) is 23.7 Å². The van der Waals surface area contributed by atoms with Crippen molar-refractivity contribution in [1.29, 1.82) is 0 Å². The molecule has 0 spiro atoms. The van der Waals surface area contributed by atoms with Gasteiger partial charge in [-0.1, -0.05) is 36.4 Å². The molecule has 3 atom stereocenters. The SMILES string of the molecule is CC(C)(C)OC(=O)NN1C[C@H](OC(=O)c2ccccc2)[C@@H](OC(=O)c2ccccc2)[C@H]1c1ncn2c(N)nc(N)nc12. The number of nitrogens with two attached hydrogens (primary N) is 2. The first-order chi connectivity index (χ1) is 20.0. The van der Waals surface area contributed by atoms with E-state index in [0.29, 0.717) is 5.56 Å². The van der Waals surface area contributed by atoms with Gasteiger partial charge in [0.2, 0.25) is 11.9 Å². The summed E-state index contributed by atoms with van der Waals surface area (Å²) < 4.78 is 18.7. The topological polar surface area (TPSA) is 189 Å². The highest BCUT2D eigenvalue weighted by Gasteiger charge is 2.50. The van der Waals surface area contributed by atoms with Crippen LogP contribution in [0.4, 0.5) is 16.7 Å². The molecule has 4 aromatic rings. The number of carbonyl (C=O) groups excluding carboxylic acids is 3. The number of fused-ring (bicyclic) bond motifs is 1. The Morgan fingerprint density at radius 2 is 1.50 bits per heavy atom. The van der Waals surface area contributed by atoms with Crippen molar-refractivity contribution in [3.05, 3.63) is 83.8 Å². The van der Waals surface area contributed by atoms with Gasteiger partial charge in [0.05, 0.1) is 17.7 Å². The number of imidazole rings is 1. The van der Waals surface area contributed by atoms with Crippen molar-refractivity contribution >= 4 is 35.6 Å². The second kappa shape index (κ2) is 11.3. The fraction of sp³-hybridized carbons (Fsp3) is 0.286. The Hall–Kier alpha value is -5.24. The first-order valence-corrected chi connectivity index (χ1v) is 13.0. The molecule has 0 radical (unpaired) electrons.